The van der Waals surface area contributed by atoms with E-state index >= 15 is 0 Å². The molecule has 3 nitrogen and oxygen atoms in total. The molecule has 2 saturated carbocycles. The van der Waals surface area contributed by atoms with Gasteiger partial charge in [-0.05, 0) is 62.5 Å². The predicted molar refractivity (Wildman–Crippen MR) is 85.0 cm³/mol. The summed E-state index contributed by atoms with van der Waals surface area (Å²) < 4.78 is 0. The maximum Gasteiger partial charge on any atom is 0.0313 e. The predicted octanol–water partition coefficient (Wildman–Crippen LogP) is 2.74. The van der Waals surface area contributed by atoms with Crippen molar-refractivity contribution < 1.29 is 0 Å². The number of nitrogens with one attached hydrogen (secondary N) is 1. The molecule has 0 radical (unpaired) electrons. The topological polar surface area (TPSA) is 28.2 Å². The molecule has 0 aromatic carbocycles. The van der Waals surface area contributed by atoms with E-state index in [4.69, 9.17) is 0 Å². The van der Waals surface area contributed by atoms with Crippen LogP contribution in [0.5, 0.6) is 0 Å². The van der Waals surface area contributed by atoms with Gasteiger partial charge in [-0.15, -0.1) is 0 Å². The van der Waals surface area contributed by atoms with Crippen molar-refractivity contribution in [3.63, 3.8) is 0 Å². The summed E-state index contributed by atoms with van der Waals surface area (Å²) in [5, 5.41) is 3.90. The molecule has 3 aliphatic rings. The van der Waals surface area contributed by atoms with Crippen LogP contribution in [0.3, 0.4) is 0 Å². The zero-order chi connectivity index (χ0) is 14.4. The normalized spacial score (nSPS) is 34.1. The Hall–Kier alpha value is -0.930. The first-order chi connectivity index (χ1) is 10.1. The maximum atomic E-state index is 4.38. The summed E-state index contributed by atoms with van der Waals surface area (Å²) in [6, 6.07) is 3.03. The van der Waals surface area contributed by atoms with Crippen molar-refractivity contribution in [2.75, 3.05) is 13.1 Å². The van der Waals surface area contributed by atoms with Crippen LogP contribution in [0.2, 0.25) is 0 Å². The molecule has 1 aliphatic heterocycles. The summed E-state index contributed by atoms with van der Waals surface area (Å²) in [5.74, 6) is 1.83. The molecule has 21 heavy (non-hydrogen) atoms. The number of hydrogen-bond acceptors (Lipinski definition) is 3. The highest BCUT2D eigenvalue weighted by Crippen LogP contribution is 2.44. The monoisotopic (exact) mass is 285 g/mol. The molecule has 0 amide bonds. The van der Waals surface area contributed by atoms with Crippen LogP contribution in [-0.2, 0) is 6.54 Å². The van der Waals surface area contributed by atoms with Gasteiger partial charge in [0.1, 0.15) is 0 Å². The fourth-order valence-corrected chi connectivity index (χ4v) is 4.11. The molecule has 4 rings (SSSR count). The average Bonchev–Trinajstić information content (AvgIpc) is 3.30. The molecule has 0 spiro atoms. The van der Waals surface area contributed by atoms with Gasteiger partial charge in [0.25, 0.3) is 0 Å². The van der Waals surface area contributed by atoms with Crippen LogP contribution in [0.4, 0.5) is 0 Å². The number of aromatic nitrogens is 1. The second kappa shape index (κ2) is 5.06. The molecule has 2 aliphatic carbocycles. The first kappa shape index (κ1) is 13.7. The fourth-order valence-electron chi connectivity index (χ4n) is 4.11. The van der Waals surface area contributed by atoms with E-state index in [1.54, 1.807) is 0 Å². The molecule has 3 heteroatoms. The van der Waals surface area contributed by atoms with Gasteiger partial charge in [0.05, 0.1) is 0 Å². The molecule has 1 aromatic rings. The van der Waals surface area contributed by atoms with Crippen LogP contribution in [0.25, 0.3) is 0 Å². The molecule has 2 atom stereocenters. The first-order valence-electron chi connectivity index (χ1n) is 8.54. The van der Waals surface area contributed by atoms with Crippen LogP contribution < -0.4 is 5.32 Å². The largest absolute Gasteiger partial charge is 0.308 e. The molecular weight excluding hydrogens is 258 g/mol. The first-order valence-corrected chi connectivity index (χ1v) is 8.54. The van der Waals surface area contributed by atoms with Gasteiger partial charge < -0.3 is 5.32 Å². The molecule has 1 N–H and O–H groups in total. The fraction of sp³-hybridized carbons (Fsp3) is 0.722. The molecule has 3 fully saturated rings. The van der Waals surface area contributed by atoms with Gasteiger partial charge in [-0.1, -0.05) is 6.07 Å². The summed E-state index contributed by atoms with van der Waals surface area (Å²) in [4.78, 5) is 7.13. The Labute approximate surface area is 128 Å². The minimum atomic E-state index is 0.336. The Morgan fingerprint density at radius 3 is 2.76 bits per heavy atom. The molecule has 1 aromatic heterocycles. The number of piperazine rings is 1. The number of hydrogen-bond donors (Lipinski definition) is 1. The Morgan fingerprint density at radius 2 is 2.10 bits per heavy atom. The molecule has 114 valence electrons. The van der Waals surface area contributed by atoms with E-state index in [0.717, 1.165) is 24.4 Å². The quantitative estimate of drug-likeness (QED) is 0.922. The molecule has 0 bridgehead atoms. The average molecular weight is 285 g/mol. The molecule has 1 saturated heterocycles. The minimum absolute atomic E-state index is 0.336. The number of aryl methyl sites for hydroxylation is 1. The number of rotatable bonds is 4. The van der Waals surface area contributed by atoms with E-state index in [1.807, 2.05) is 12.4 Å². The summed E-state index contributed by atoms with van der Waals surface area (Å²) in [6.45, 7) is 8.03. The van der Waals surface area contributed by atoms with Crippen LogP contribution in [0.15, 0.2) is 18.5 Å². The highest BCUT2D eigenvalue weighted by atomic mass is 15.3. The summed E-state index contributed by atoms with van der Waals surface area (Å²) in [5.41, 5.74) is 2.99. The zero-order valence-corrected chi connectivity index (χ0v) is 13.3. The third kappa shape index (κ3) is 2.86. The Balaban J connectivity index is 1.52. The number of nitrogens with zero attached hydrogens (tertiary/aromatic N) is 2. The lowest BCUT2D eigenvalue weighted by atomic mass is 9.89. The summed E-state index contributed by atoms with van der Waals surface area (Å²) >= 11 is 0. The molecular formula is C18H27N3. The lowest BCUT2D eigenvalue weighted by molar-refractivity contribution is 0.0577. The van der Waals surface area contributed by atoms with Crippen LogP contribution in [0, 0.1) is 18.8 Å². The molecule has 2 heterocycles. The van der Waals surface area contributed by atoms with Gasteiger partial charge in [0.15, 0.2) is 0 Å². The lowest BCUT2D eigenvalue weighted by Gasteiger charge is -2.47. The second-order valence-corrected chi connectivity index (χ2v) is 7.75. The van der Waals surface area contributed by atoms with Crippen molar-refractivity contribution in [1.29, 1.82) is 0 Å². The Bertz CT molecular complexity index is 521. The van der Waals surface area contributed by atoms with Crippen molar-refractivity contribution in [2.45, 2.75) is 57.7 Å². The molecule has 2 unspecified atom stereocenters. The zero-order valence-electron chi connectivity index (χ0n) is 13.3. The van der Waals surface area contributed by atoms with E-state index < -0.39 is 0 Å². The van der Waals surface area contributed by atoms with Crippen molar-refractivity contribution in [2.24, 2.45) is 11.8 Å². The van der Waals surface area contributed by atoms with Crippen molar-refractivity contribution in [1.82, 2.24) is 15.2 Å². The minimum Gasteiger partial charge on any atom is -0.308 e. The van der Waals surface area contributed by atoms with Gasteiger partial charge in [0, 0.05) is 43.6 Å². The Morgan fingerprint density at radius 1 is 1.29 bits per heavy atom. The highest BCUT2D eigenvalue weighted by Gasteiger charge is 2.48. The van der Waals surface area contributed by atoms with Gasteiger partial charge >= 0.3 is 0 Å². The van der Waals surface area contributed by atoms with Gasteiger partial charge in [-0.25, -0.2) is 0 Å². The van der Waals surface area contributed by atoms with Crippen molar-refractivity contribution in [3.05, 3.63) is 29.6 Å². The van der Waals surface area contributed by atoms with Crippen LogP contribution in [0.1, 0.15) is 43.7 Å². The Kier molecular flexibility index (Phi) is 3.31. The van der Waals surface area contributed by atoms with E-state index in [2.05, 4.69) is 35.1 Å². The van der Waals surface area contributed by atoms with E-state index in [-0.39, 0.29) is 0 Å². The van der Waals surface area contributed by atoms with Gasteiger partial charge in [-0.2, -0.15) is 0 Å². The standard InChI is InChI=1S/C18H27N3/c1-13-7-14(9-19-8-13)11-21-12-18(2,16-5-6-16)20-10-17(21)15-3-4-15/h7-9,15-17,20H,3-6,10-12H2,1-2H3. The SMILES string of the molecule is Cc1cncc(CN2CC(C)(C3CC3)NCC2C2CC2)c1. The van der Waals surface area contributed by atoms with Gasteiger partial charge in [0.2, 0.25) is 0 Å². The third-order valence-corrected chi connectivity index (χ3v) is 5.68. The summed E-state index contributed by atoms with van der Waals surface area (Å²) in [6.07, 6.45) is 9.68. The van der Waals surface area contributed by atoms with Gasteiger partial charge in [-0.3, -0.25) is 9.88 Å². The highest BCUT2D eigenvalue weighted by molar-refractivity contribution is 5.17. The maximum absolute atomic E-state index is 4.38. The van der Waals surface area contributed by atoms with Crippen LogP contribution in [-0.4, -0.2) is 34.6 Å². The second-order valence-electron chi connectivity index (χ2n) is 7.75. The van der Waals surface area contributed by atoms with Crippen LogP contribution >= 0.6 is 0 Å². The summed E-state index contributed by atoms with van der Waals surface area (Å²) in [7, 11) is 0. The number of pyridine rings is 1. The smallest absolute Gasteiger partial charge is 0.0313 e. The lowest BCUT2D eigenvalue weighted by Crippen LogP contribution is -2.64. The van der Waals surface area contributed by atoms with Crippen molar-refractivity contribution in [3.8, 4) is 0 Å². The van der Waals surface area contributed by atoms with E-state index in [0.29, 0.717) is 5.54 Å². The third-order valence-electron chi connectivity index (χ3n) is 5.68. The van der Waals surface area contributed by atoms with Crippen molar-refractivity contribution >= 4 is 0 Å². The van der Waals surface area contributed by atoms with E-state index in [1.165, 1.54) is 49.9 Å². The van der Waals surface area contributed by atoms with E-state index in [9.17, 15) is 0 Å².